The first-order valence-electron chi connectivity index (χ1n) is 14.3. The quantitative estimate of drug-likeness (QED) is 0.170. The molecule has 0 saturated carbocycles. The van der Waals surface area contributed by atoms with Crippen molar-refractivity contribution in [3.8, 4) is 17.1 Å². The van der Waals surface area contributed by atoms with Crippen molar-refractivity contribution in [3.63, 3.8) is 0 Å². The average molecular weight is 620 g/mol. The number of benzene rings is 3. The van der Waals surface area contributed by atoms with Gasteiger partial charge < -0.3 is 19.1 Å². The summed E-state index contributed by atoms with van der Waals surface area (Å²) in [7, 11) is 0. The van der Waals surface area contributed by atoms with Crippen molar-refractivity contribution >= 4 is 17.0 Å². The van der Waals surface area contributed by atoms with E-state index in [-0.39, 0.29) is 58.3 Å². The normalized spacial score (nSPS) is 16.0. The number of alkyl halides is 2. The van der Waals surface area contributed by atoms with Gasteiger partial charge in [-0.2, -0.15) is 0 Å². The number of nitrogens with zero attached hydrogens (tertiary/aromatic N) is 3. The summed E-state index contributed by atoms with van der Waals surface area (Å²) in [4.78, 5) is 20.7. The highest BCUT2D eigenvalue weighted by Crippen LogP contribution is 2.40. The molecule has 1 N–H and O–H groups in total. The number of rotatable bonds is 9. The third-order valence-corrected chi connectivity index (χ3v) is 8.08. The Kier molecular flexibility index (Phi) is 8.05. The number of fused-ring (bicyclic) bond motifs is 1. The molecule has 1 unspecified atom stereocenters. The number of imidazole rings is 1. The van der Waals surface area contributed by atoms with Crippen molar-refractivity contribution in [2.45, 2.75) is 39.3 Å². The number of halogens is 4. The van der Waals surface area contributed by atoms with Gasteiger partial charge in [0.15, 0.2) is 0 Å². The van der Waals surface area contributed by atoms with Gasteiger partial charge in [-0.15, -0.1) is 0 Å². The van der Waals surface area contributed by atoms with Crippen molar-refractivity contribution in [1.29, 1.82) is 0 Å². The predicted octanol–water partition coefficient (Wildman–Crippen LogP) is 7.78. The topological polar surface area (TPSA) is 86.5 Å². The summed E-state index contributed by atoms with van der Waals surface area (Å²) in [6.45, 7) is 4.96. The lowest BCUT2D eigenvalue weighted by molar-refractivity contribution is 0.0697. The number of hydrogen-bond donors (Lipinski definition) is 1. The van der Waals surface area contributed by atoms with Crippen molar-refractivity contribution in [1.82, 2.24) is 14.5 Å². The van der Waals surface area contributed by atoms with Gasteiger partial charge in [-0.05, 0) is 47.5 Å². The van der Waals surface area contributed by atoms with Crippen molar-refractivity contribution in [2.24, 2.45) is 5.41 Å². The Morgan fingerprint density at radius 2 is 1.82 bits per heavy atom. The maximum atomic E-state index is 15.6. The molecular formula is C34H29F4N3O4. The SMILES string of the molecule is CC1(C)COCC1n1c(Cc2cc(F)c(-c3cccc(OCc4ccc(C(F)F)cc4)n3)cc2F)nc2ccc(C(=O)O)cc21. The highest BCUT2D eigenvalue weighted by molar-refractivity contribution is 5.92. The summed E-state index contributed by atoms with van der Waals surface area (Å²) in [6.07, 6.45) is -2.62. The molecule has 3 aromatic carbocycles. The van der Waals surface area contributed by atoms with Gasteiger partial charge >= 0.3 is 5.97 Å². The second-order valence-corrected chi connectivity index (χ2v) is 11.7. The predicted molar refractivity (Wildman–Crippen MR) is 158 cm³/mol. The van der Waals surface area contributed by atoms with Gasteiger partial charge in [0.25, 0.3) is 6.43 Å². The molecule has 1 atom stereocenters. The summed E-state index contributed by atoms with van der Waals surface area (Å²) < 4.78 is 70.1. The fourth-order valence-corrected chi connectivity index (χ4v) is 5.58. The maximum absolute atomic E-state index is 15.6. The summed E-state index contributed by atoms with van der Waals surface area (Å²) in [5.74, 6) is -1.82. The summed E-state index contributed by atoms with van der Waals surface area (Å²) in [6, 6.07) is 17.0. The van der Waals surface area contributed by atoms with E-state index in [1.165, 1.54) is 36.4 Å². The zero-order valence-electron chi connectivity index (χ0n) is 24.4. The van der Waals surface area contributed by atoms with Gasteiger partial charge in [0.1, 0.15) is 24.1 Å². The third kappa shape index (κ3) is 6.12. The second kappa shape index (κ2) is 12.0. The molecule has 3 heterocycles. The van der Waals surface area contributed by atoms with Crippen molar-refractivity contribution in [2.75, 3.05) is 13.2 Å². The van der Waals surface area contributed by atoms with Gasteiger partial charge in [0.05, 0.1) is 41.5 Å². The third-order valence-electron chi connectivity index (χ3n) is 8.08. The molecule has 0 amide bonds. The van der Waals surface area contributed by atoms with Crippen LogP contribution in [0.2, 0.25) is 0 Å². The van der Waals surface area contributed by atoms with Crippen LogP contribution in [0.4, 0.5) is 17.6 Å². The first-order valence-corrected chi connectivity index (χ1v) is 14.3. The molecule has 6 rings (SSSR count). The summed E-state index contributed by atoms with van der Waals surface area (Å²) in [5.41, 5.74) is 1.61. The molecule has 232 valence electrons. The number of aromatic carboxylic acids is 1. The number of pyridine rings is 1. The van der Waals surface area contributed by atoms with Gasteiger partial charge in [0.2, 0.25) is 5.88 Å². The molecular weight excluding hydrogens is 590 g/mol. The molecule has 0 radical (unpaired) electrons. The number of aromatic nitrogens is 3. The molecule has 1 aliphatic rings. The van der Waals surface area contributed by atoms with Crippen LogP contribution in [0.15, 0.2) is 72.8 Å². The zero-order chi connectivity index (χ0) is 31.9. The molecule has 5 aromatic rings. The van der Waals surface area contributed by atoms with Gasteiger partial charge in [-0.25, -0.2) is 32.3 Å². The fraction of sp³-hybridized carbons (Fsp3) is 0.265. The molecule has 0 aliphatic carbocycles. The van der Waals surface area contributed by atoms with E-state index in [2.05, 4.69) is 4.98 Å². The lowest BCUT2D eigenvalue weighted by Crippen LogP contribution is -2.27. The minimum absolute atomic E-state index is 0.0480. The van der Waals surface area contributed by atoms with Crippen LogP contribution in [0.5, 0.6) is 5.88 Å². The molecule has 1 fully saturated rings. The maximum Gasteiger partial charge on any atom is 0.335 e. The van der Waals surface area contributed by atoms with Crippen LogP contribution < -0.4 is 4.74 Å². The van der Waals surface area contributed by atoms with E-state index < -0.39 is 24.0 Å². The van der Waals surface area contributed by atoms with E-state index in [0.29, 0.717) is 35.6 Å². The van der Waals surface area contributed by atoms with Crippen LogP contribution in [-0.2, 0) is 17.8 Å². The number of ether oxygens (including phenoxy) is 2. The summed E-state index contributed by atoms with van der Waals surface area (Å²) in [5, 5.41) is 9.58. The molecule has 45 heavy (non-hydrogen) atoms. The number of carboxylic acid groups (broad SMARTS) is 1. The Hall–Kier alpha value is -4.77. The Morgan fingerprint density at radius 1 is 1.04 bits per heavy atom. The lowest BCUT2D eigenvalue weighted by atomic mass is 9.87. The molecule has 2 aromatic heterocycles. The monoisotopic (exact) mass is 619 g/mol. The molecule has 11 heteroatoms. The minimum Gasteiger partial charge on any atom is -0.478 e. The van der Waals surface area contributed by atoms with E-state index in [0.717, 1.165) is 12.1 Å². The van der Waals surface area contributed by atoms with E-state index in [9.17, 15) is 18.7 Å². The van der Waals surface area contributed by atoms with E-state index in [4.69, 9.17) is 14.5 Å². The number of carboxylic acids is 1. The highest BCUT2D eigenvalue weighted by atomic mass is 19.3. The van der Waals surface area contributed by atoms with E-state index in [1.54, 1.807) is 24.3 Å². The van der Waals surface area contributed by atoms with Crippen LogP contribution >= 0.6 is 0 Å². The Morgan fingerprint density at radius 3 is 2.51 bits per heavy atom. The second-order valence-electron chi connectivity index (χ2n) is 11.7. The smallest absolute Gasteiger partial charge is 0.335 e. The van der Waals surface area contributed by atoms with Crippen LogP contribution in [0.1, 0.15) is 59.2 Å². The van der Waals surface area contributed by atoms with Crippen molar-refractivity contribution in [3.05, 3.63) is 113 Å². The fourth-order valence-electron chi connectivity index (χ4n) is 5.58. The lowest BCUT2D eigenvalue weighted by Gasteiger charge is -2.28. The number of carbonyl (C=O) groups is 1. The average Bonchev–Trinajstić information content (AvgIpc) is 3.54. The van der Waals surface area contributed by atoms with Crippen molar-refractivity contribution < 1.29 is 36.9 Å². The zero-order valence-corrected chi connectivity index (χ0v) is 24.4. The number of hydrogen-bond acceptors (Lipinski definition) is 5. The first-order chi connectivity index (χ1) is 21.5. The van der Waals surface area contributed by atoms with Crippen LogP contribution in [-0.4, -0.2) is 38.8 Å². The minimum atomic E-state index is -2.57. The highest BCUT2D eigenvalue weighted by Gasteiger charge is 2.39. The van der Waals surface area contributed by atoms with Gasteiger partial charge in [-0.1, -0.05) is 44.2 Å². The van der Waals surface area contributed by atoms with Crippen LogP contribution in [0.25, 0.3) is 22.3 Å². The molecule has 1 aliphatic heterocycles. The molecule has 1 saturated heterocycles. The molecule has 0 bridgehead atoms. The summed E-state index contributed by atoms with van der Waals surface area (Å²) >= 11 is 0. The van der Waals surface area contributed by atoms with Crippen LogP contribution in [0.3, 0.4) is 0 Å². The van der Waals surface area contributed by atoms with Gasteiger partial charge in [-0.3, -0.25) is 0 Å². The Labute approximate surface area is 256 Å². The van der Waals surface area contributed by atoms with Gasteiger partial charge in [0, 0.05) is 29.0 Å². The van der Waals surface area contributed by atoms with E-state index >= 15 is 8.78 Å². The molecule has 0 spiro atoms. The van der Waals surface area contributed by atoms with E-state index in [1.807, 2.05) is 18.4 Å². The molecule has 7 nitrogen and oxygen atoms in total. The standard InChI is InChI=1S/C34H29F4N3O4/c1-34(2)18-44-17-29(34)41-28-13-21(33(42)43)10-11-27(28)39-30(41)14-22-12-25(36)23(15-24(22)35)26-4-3-5-31(40-26)45-16-19-6-8-20(9-7-19)32(37)38/h3-13,15,29,32H,14,16-18H2,1-2H3,(H,42,43). The Balaban J connectivity index is 1.28. The Bertz CT molecular complexity index is 1890. The largest absolute Gasteiger partial charge is 0.478 e. The first kappa shape index (κ1) is 30.3. The van der Waals surface area contributed by atoms with Crippen LogP contribution in [0, 0.1) is 17.0 Å².